The van der Waals surface area contributed by atoms with Gasteiger partial charge in [0.1, 0.15) is 11.6 Å². The first-order chi connectivity index (χ1) is 14.0. The van der Waals surface area contributed by atoms with Gasteiger partial charge in [-0.25, -0.2) is 4.98 Å². The number of aliphatic carboxylic acids is 1. The van der Waals surface area contributed by atoms with Crippen LogP contribution in [0.1, 0.15) is 12.5 Å². The van der Waals surface area contributed by atoms with Crippen molar-refractivity contribution in [1.29, 1.82) is 5.41 Å². The first-order valence-electron chi connectivity index (χ1n) is 8.92. The lowest BCUT2D eigenvalue weighted by Crippen LogP contribution is -2.29. The number of aromatic nitrogens is 1. The maximum atomic E-state index is 9.00. The molecule has 0 aliphatic heterocycles. The zero-order valence-corrected chi connectivity index (χ0v) is 16.3. The van der Waals surface area contributed by atoms with E-state index in [-0.39, 0.29) is 5.96 Å². The minimum atomic E-state index is -0.833. The predicted molar refractivity (Wildman–Crippen MR) is 114 cm³/mol. The fourth-order valence-corrected chi connectivity index (χ4v) is 2.51. The number of carboxylic acid groups (broad SMARTS) is 1. The number of pyridine rings is 1. The number of para-hydroxylation sites is 1. The topological polar surface area (TPSA) is 107 Å². The van der Waals surface area contributed by atoms with Crippen molar-refractivity contribution in [2.45, 2.75) is 13.5 Å². The molecule has 0 saturated carbocycles. The van der Waals surface area contributed by atoms with Gasteiger partial charge in [-0.05, 0) is 29.3 Å². The lowest BCUT2D eigenvalue weighted by Gasteiger charge is -2.12. The Bertz CT molecular complexity index is 942. The maximum Gasteiger partial charge on any atom is 0.300 e. The molecule has 0 amide bonds. The lowest BCUT2D eigenvalue weighted by atomic mass is 10.1. The maximum absolute atomic E-state index is 9.00. The zero-order valence-electron chi connectivity index (χ0n) is 16.3. The summed E-state index contributed by atoms with van der Waals surface area (Å²) in [7, 11) is 1.64. The van der Waals surface area contributed by atoms with Gasteiger partial charge < -0.3 is 20.5 Å². The molecule has 0 fully saturated rings. The number of nitrogens with one attached hydrogen (secondary N) is 3. The molecule has 0 radical (unpaired) electrons. The van der Waals surface area contributed by atoms with Crippen LogP contribution in [0.3, 0.4) is 0 Å². The number of carboxylic acids is 1. The van der Waals surface area contributed by atoms with E-state index in [1.807, 2.05) is 66.7 Å². The molecule has 0 atom stereocenters. The van der Waals surface area contributed by atoms with Crippen molar-refractivity contribution in [2.75, 3.05) is 12.4 Å². The van der Waals surface area contributed by atoms with E-state index in [9.17, 15) is 0 Å². The van der Waals surface area contributed by atoms with Crippen molar-refractivity contribution in [3.05, 3.63) is 78.5 Å². The fourth-order valence-electron chi connectivity index (χ4n) is 2.51. The highest BCUT2D eigenvalue weighted by Gasteiger charge is 2.05. The number of hydrogen-bond donors (Lipinski definition) is 4. The second kappa shape index (κ2) is 11.1. The van der Waals surface area contributed by atoms with E-state index in [1.54, 1.807) is 13.3 Å². The SMILES string of the molecule is CC(=O)O.COc1ccccc1CNC(=N)Nc1cc(-c2ccccc2)ccn1. The summed E-state index contributed by atoms with van der Waals surface area (Å²) in [5, 5.41) is 21.5. The van der Waals surface area contributed by atoms with Gasteiger partial charge in [0.05, 0.1) is 7.11 Å². The molecule has 29 heavy (non-hydrogen) atoms. The van der Waals surface area contributed by atoms with E-state index in [4.69, 9.17) is 20.0 Å². The number of nitrogens with zero attached hydrogens (tertiary/aromatic N) is 1. The molecule has 0 spiro atoms. The van der Waals surface area contributed by atoms with Crippen molar-refractivity contribution < 1.29 is 14.6 Å². The normalized spacial score (nSPS) is 9.59. The highest BCUT2D eigenvalue weighted by molar-refractivity contribution is 5.90. The van der Waals surface area contributed by atoms with Gasteiger partial charge in [-0.15, -0.1) is 0 Å². The first-order valence-corrected chi connectivity index (χ1v) is 8.92. The van der Waals surface area contributed by atoms with Crippen LogP contribution < -0.4 is 15.4 Å². The molecule has 4 N–H and O–H groups in total. The van der Waals surface area contributed by atoms with Gasteiger partial charge in [0.15, 0.2) is 5.96 Å². The number of hydrogen-bond acceptors (Lipinski definition) is 4. The van der Waals surface area contributed by atoms with Gasteiger partial charge in [-0.3, -0.25) is 10.2 Å². The van der Waals surface area contributed by atoms with Crippen molar-refractivity contribution >= 4 is 17.7 Å². The lowest BCUT2D eigenvalue weighted by molar-refractivity contribution is -0.134. The van der Waals surface area contributed by atoms with Crippen molar-refractivity contribution in [3.8, 4) is 16.9 Å². The number of anilines is 1. The van der Waals surface area contributed by atoms with Crippen molar-refractivity contribution in [2.24, 2.45) is 0 Å². The molecule has 1 aromatic heterocycles. The molecule has 0 bridgehead atoms. The highest BCUT2D eigenvalue weighted by Crippen LogP contribution is 2.20. The number of carbonyl (C=O) groups is 1. The average molecular weight is 392 g/mol. The average Bonchev–Trinajstić information content (AvgIpc) is 2.73. The molecule has 150 valence electrons. The third kappa shape index (κ3) is 7.34. The first kappa shape index (κ1) is 21.4. The van der Waals surface area contributed by atoms with Crippen molar-refractivity contribution in [1.82, 2.24) is 10.3 Å². The molecule has 3 aromatic rings. The minimum Gasteiger partial charge on any atom is -0.496 e. The summed E-state index contributed by atoms with van der Waals surface area (Å²) in [5.74, 6) is 0.773. The zero-order chi connectivity index (χ0) is 21.1. The molecule has 2 aromatic carbocycles. The molecule has 0 unspecified atom stereocenters. The summed E-state index contributed by atoms with van der Waals surface area (Å²) in [6, 6.07) is 21.7. The van der Waals surface area contributed by atoms with Crippen LogP contribution in [-0.2, 0) is 11.3 Å². The quantitative estimate of drug-likeness (QED) is 0.386. The van der Waals surface area contributed by atoms with Gasteiger partial charge >= 0.3 is 0 Å². The van der Waals surface area contributed by atoms with E-state index < -0.39 is 5.97 Å². The fraction of sp³-hybridized carbons (Fsp3) is 0.136. The van der Waals surface area contributed by atoms with E-state index in [0.29, 0.717) is 12.4 Å². The summed E-state index contributed by atoms with van der Waals surface area (Å²) in [6.07, 6.45) is 1.73. The second-order valence-electron chi connectivity index (χ2n) is 5.98. The van der Waals surface area contributed by atoms with Crippen LogP contribution in [0.2, 0.25) is 0 Å². The Morgan fingerprint density at radius 1 is 1.07 bits per heavy atom. The van der Waals surface area contributed by atoms with Crippen molar-refractivity contribution in [3.63, 3.8) is 0 Å². The van der Waals surface area contributed by atoms with Crippen LogP contribution in [0.5, 0.6) is 5.75 Å². The Balaban J connectivity index is 0.000000687. The van der Waals surface area contributed by atoms with E-state index in [2.05, 4.69) is 15.6 Å². The Kier molecular flexibility index (Phi) is 8.19. The smallest absolute Gasteiger partial charge is 0.300 e. The Hall–Kier alpha value is -3.87. The third-order valence-corrected chi connectivity index (χ3v) is 3.77. The van der Waals surface area contributed by atoms with Gasteiger partial charge in [0.2, 0.25) is 0 Å². The van der Waals surface area contributed by atoms with E-state index in [0.717, 1.165) is 29.4 Å². The van der Waals surface area contributed by atoms with Gasteiger partial charge in [0, 0.05) is 25.2 Å². The van der Waals surface area contributed by atoms with Crippen LogP contribution in [0.4, 0.5) is 5.82 Å². The van der Waals surface area contributed by atoms with Gasteiger partial charge in [-0.1, -0.05) is 48.5 Å². The molecule has 0 aliphatic rings. The number of guanidine groups is 1. The molecular weight excluding hydrogens is 368 g/mol. The number of benzene rings is 2. The minimum absolute atomic E-state index is 0.184. The van der Waals surface area contributed by atoms with E-state index in [1.165, 1.54) is 0 Å². The monoisotopic (exact) mass is 392 g/mol. The molecule has 0 saturated heterocycles. The van der Waals surface area contributed by atoms with Crippen LogP contribution in [0.25, 0.3) is 11.1 Å². The second-order valence-corrected chi connectivity index (χ2v) is 5.98. The summed E-state index contributed by atoms with van der Waals surface area (Å²) >= 11 is 0. The molecule has 1 heterocycles. The van der Waals surface area contributed by atoms with Crippen LogP contribution in [0.15, 0.2) is 72.9 Å². The largest absolute Gasteiger partial charge is 0.496 e. The van der Waals surface area contributed by atoms with Crippen LogP contribution in [-0.4, -0.2) is 29.1 Å². The van der Waals surface area contributed by atoms with Gasteiger partial charge in [-0.2, -0.15) is 0 Å². The standard InChI is InChI=1S/C20H20N4O.C2H4O2/c1-25-18-10-6-5-9-17(18)14-23-20(21)24-19-13-16(11-12-22-19)15-7-3-2-4-8-15;1-2(3)4/h2-13H,14H2,1H3,(H3,21,22,23,24);1H3,(H,3,4). The molecule has 7 nitrogen and oxygen atoms in total. The molecule has 7 heteroatoms. The molecule has 0 aliphatic carbocycles. The van der Waals surface area contributed by atoms with Crippen LogP contribution in [0, 0.1) is 5.41 Å². The Labute approximate surface area is 169 Å². The predicted octanol–water partition coefficient (Wildman–Crippen LogP) is 3.98. The Morgan fingerprint density at radius 2 is 1.72 bits per heavy atom. The third-order valence-electron chi connectivity index (χ3n) is 3.77. The van der Waals surface area contributed by atoms with Crippen LogP contribution >= 0.6 is 0 Å². The number of methoxy groups -OCH3 is 1. The Morgan fingerprint density at radius 3 is 2.41 bits per heavy atom. The van der Waals surface area contributed by atoms with Gasteiger partial charge in [0.25, 0.3) is 5.97 Å². The number of rotatable bonds is 5. The number of ether oxygens (including phenoxy) is 1. The summed E-state index contributed by atoms with van der Waals surface area (Å²) in [5.41, 5.74) is 3.15. The van der Waals surface area contributed by atoms with E-state index >= 15 is 0 Å². The highest BCUT2D eigenvalue weighted by atomic mass is 16.5. The summed E-state index contributed by atoms with van der Waals surface area (Å²) < 4.78 is 5.32. The molecule has 3 rings (SSSR count). The summed E-state index contributed by atoms with van der Waals surface area (Å²) in [4.78, 5) is 13.3. The summed E-state index contributed by atoms with van der Waals surface area (Å²) in [6.45, 7) is 1.58. The molecular formula is C22H24N4O3.